The van der Waals surface area contributed by atoms with Crippen LogP contribution in [0.15, 0.2) is 59.3 Å². The molecule has 13 heteroatoms. The average Bonchev–Trinajstić information content (AvgIpc) is 3.41. The molecule has 0 aromatic carbocycles. The average molecular weight is 643 g/mol. The molecule has 0 saturated carbocycles. The minimum absolute atomic E-state index is 0.0991. The normalized spacial score (nSPS) is 19.5. The van der Waals surface area contributed by atoms with Crippen LogP contribution in [0.1, 0.15) is 42.7 Å². The fourth-order valence-corrected chi connectivity index (χ4v) is 6.57. The van der Waals surface area contributed by atoms with Crippen LogP contribution in [0.3, 0.4) is 0 Å². The molecular weight excluding hydrogens is 600 g/mol. The van der Waals surface area contributed by atoms with Crippen LogP contribution in [-0.2, 0) is 30.2 Å². The van der Waals surface area contributed by atoms with Gasteiger partial charge < -0.3 is 29.5 Å². The number of carbonyl (C=O) groups excluding carboxylic acids is 2. The van der Waals surface area contributed by atoms with Gasteiger partial charge in [0, 0.05) is 76.4 Å². The van der Waals surface area contributed by atoms with Crippen molar-refractivity contribution >= 4 is 29.1 Å². The molecule has 6 heterocycles. The molecule has 2 N–H and O–H groups in total. The molecule has 0 bridgehead atoms. The van der Waals surface area contributed by atoms with Gasteiger partial charge in [-0.05, 0) is 42.0 Å². The van der Waals surface area contributed by atoms with Crippen LogP contribution in [0.5, 0.6) is 0 Å². The quantitative estimate of drug-likeness (QED) is 0.416. The molecule has 0 unspecified atom stereocenters. The Bertz CT molecular complexity index is 1820. The molecule has 0 atom stereocenters. The van der Waals surface area contributed by atoms with Gasteiger partial charge in [0.1, 0.15) is 22.9 Å². The highest BCUT2D eigenvalue weighted by Gasteiger charge is 2.35. The number of nitrogens with zero attached hydrogens (tertiary/aromatic N) is 7. The van der Waals surface area contributed by atoms with Crippen LogP contribution in [0.25, 0.3) is 11.1 Å². The zero-order chi connectivity index (χ0) is 33.5. The lowest BCUT2D eigenvalue weighted by molar-refractivity contribution is -0.118. The molecule has 2 saturated heterocycles. The van der Waals surface area contributed by atoms with E-state index >= 15 is 0 Å². The van der Waals surface area contributed by atoms with E-state index in [0.717, 1.165) is 25.0 Å². The number of rotatable bonds is 6. The molecule has 2 amide bonds. The van der Waals surface area contributed by atoms with Gasteiger partial charge in [-0.15, -0.1) is 0 Å². The van der Waals surface area contributed by atoms with E-state index in [2.05, 4.69) is 40.7 Å². The first-order valence-corrected chi connectivity index (χ1v) is 15.9. The first-order chi connectivity index (χ1) is 22.5. The van der Waals surface area contributed by atoms with Crippen molar-refractivity contribution < 1.29 is 19.4 Å². The van der Waals surface area contributed by atoms with Gasteiger partial charge in [0.25, 0.3) is 17.4 Å². The van der Waals surface area contributed by atoms with Gasteiger partial charge >= 0.3 is 0 Å². The molecule has 13 nitrogen and oxygen atoms in total. The molecule has 248 valence electrons. The maximum absolute atomic E-state index is 13.9. The summed E-state index contributed by atoms with van der Waals surface area (Å²) >= 11 is 0. The van der Waals surface area contributed by atoms with Crippen LogP contribution >= 0.6 is 0 Å². The number of morpholine rings is 1. The summed E-state index contributed by atoms with van der Waals surface area (Å²) in [6.45, 7) is 12.1. The number of aromatic nitrogens is 4. The predicted molar refractivity (Wildman–Crippen MR) is 178 cm³/mol. The third kappa shape index (κ3) is 6.45. The third-order valence-corrected chi connectivity index (χ3v) is 9.10. The fraction of sp³-hybridized carbons (Fsp3) is 0.441. The fourth-order valence-electron chi connectivity index (χ4n) is 6.57. The molecule has 0 radical (unpaired) electrons. The van der Waals surface area contributed by atoms with Crippen LogP contribution < -0.4 is 15.8 Å². The lowest BCUT2D eigenvalue weighted by Gasteiger charge is -2.41. The number of allylic oxidation sites excluding steroid dienone is 2. The van der Waals surface area contributed by atoms with Crippen molar-refractivity contribution in [1.82, 2.24) is 29.1 Å². The molecule has 47 heavy (non-hydrogen) atoms. The zero-order valence-corrected chi connectivity index (χ0v) is 27.5. The first-order valence-electron chi connectivity index (χ1n) is 15.9. The number of carbonyl (C=O) groups is 2. The molecule has 2 fully saturated rings. The van der Waals surface area contributed by atoms with Gasteiger partial charge in [-0.2, -0.15) is 5.10 Å². The number of aliphatic hydroxyl groups excluding tert-OH is 1. The Morgan fingerprint density at radius 1 is 1.11 bits per heavy atom. The van der Waals surface area contributed by atoms with Crippen molar-refractivity contribution in [3.05, 3.63) is 76.1 Å². The Kier molecular flexibility index (Phi) is 8.77. The first kappa shape index (κ1) is 32.2. The Morgan fingerprint density at radius 2 is 1.87 bits per heavy atom. The second-order valence-electron chi connectivity index (χ2n) is 13.2. The minimum Gasteiger partial charge on any atom is -0.392 e. The second-order valence-corrected chi connectivity index (χ2v) is 13.2. The second kappa shape index (κ2) is 12.8. The topological polar surface area (TPSA) is 138 Å². The summed E-state index contributed by atoms with van der Waals surface area (Å²) in [6, 6.07) is 5.07. The van der Waals surface area contributed by atoms with Crippen molar-refractivity contribution in [2.24, 2.45) is 19.5 Å². The van der Waals surface area contributed by atoms with Crippen molar-refractivity contribution in [3.63, 3.8) is 0 Å². The standard InChI is InChI=1S/C34H42N8O5/c1-22-16-28-33(46)42(11-10-40(28)9-7-34(2,3)19-22)30-25(21-43)24(6-8-35-30)23-17-26(31(44)38(4)20-23)36-29-18-27(39(5)37-29)32(45)41-12-14-47-15-13-41/h6,8,16-18,20,43H,1,7,9-15,19,21H2,2-5H3,(H,36,37)/b28-16-. The Labute approximate surface area is 273 Å². The smallest absolute Gasteiger partial charge is 0.275 e. The van der Waals surface area contributed by atoms with E-state index in [4.69, 9.17) is 4.74 Å². The molecule has 3 aliphatic heterocycles. The number of aryl methyl sites for hydroxylation is 2. The summed E-state index contributed by atoms with van der Waals surface area (Å²) in [5.74, 6) is 0.380. The number of pyridine rings is 2. The van der Waals surface area contributed by atoms with E-state index in [9.17, 15) is 19.5 Å². The van der Waals surface area contributed by atoms with Gasteiger partial charge in [0.2, 0.25) is 0 Å². The summed E-state index contributed by atoms with van der Waals surface area (Å²) in [4.78, 5) is 50.3. The van der Waals surface area contributed by atoms with Crippen molar-refractivity contribution in [1.29, 1.82) is 0 Å². The molecule has 0 aliphatic carbocycles. The van der Waals surface area contributed by atoms with E-state index in [1.807, 2.05) is 6.08 Å². The van der Waals surface area contributed by atoms with Gasteiger partial charge in [0.05, 0.1) is 19.8 Å². The van der Waals surface area contributed by atoms with E-state index < -0.39 is 0 Å². The Balaban J connectivity index is 1.31. The maximum Gasteiger partial charge on any atom is 0.275 e. The molecule has 3 aromatic rings. The Hall–Kier alpha value is -4.75. The summed E-state index contributed by atoms with van der Waals surface area (Å²) in [5, 5.41) is 18.2. The third-order valence-electron chi connectivity index (χ3n) is 9.10. The number of fused-ring (bicyclic) bond motifs is 1. The molecule has 0 spiro atoms. The van der Waals surface area contributed by atoms with Crippen molar-refractivity contribution in [3.8, 4) is 11.1 Å². The monoisotopic (exact) mass is 642 g/mol. The number of nitrogens with one attached hydrogen (secondary N) is 1. The van der Waals surface area contributed by atoms with Gasteiger partial charge in [-0.25, -0.2) is 4.98 Å². The molecule has 3 aromatic heterocycles. The lowest BCUT2D eigenvalue weighted by atomic mass is 9.81. The van der Waals surface area contributed by atoms with Gasteiger partial charge in [-0.3, -0.25) is 24.0 Å². The van der Waals surface area contributed by atoms with Crippen molar-refractivity contribution in [2.45, 2.75) is 33.3 Å². The number of hydrogen-bond donors (Lipinski definition) is 2. The van der Waals surface area contributed by atoms with Crippen LogP contribution in [-0.4, -0.2) is 92.0 Å². The highest BCUT2D eigenvalue weighted by molar-refractivity contribution is 6.06. The number of amides is 2. The van der Waals surface area contributed by atoms with Gasteiger partial charge in [0.15, 0.2) is 5.82 Å². The van der Waals surface area contributed by atoms with Crippen LogP contribution in [0.2, 0.25) is 0 Å². The highest BCUT2D eigenvalue weighted by Crippen LogP contribution is 2.36. The molecule has 6 rings (SSSR count). The number of piperazine rings is 1. The van der Waals surface area contributed by atoms with Crippen molar-refractivity contribution in [2.75, 3.05) is 56.2 Å². The number of hydrogen-bond acceptors (Lipinski definition) is 9. The zero-order valence-electron chi connectivity index (χ0n) is 27.5. The molecular formula is C34H42N8O5. The summed E-state index contributed by atoms with van der Waals surface area (Å²) < 4.78 is 8.30. The van der Waals surface area contributed by atoms with E-state index in [0.29, 0.717) is 79.1 Å². The summed E-state index contributed by atoms with van der Waals surface area (Å²) in [6.07, 6.45) is 6.93. The number of ether oxygens (including phenoxy) is 1. The van der Waals surface area contributed by atoms with E-state index in [-0.39, 0.29) is 35.1 Å². The number of aliphatic hydroxyl groups is 1. The van der Waals surface area contributed by atoms with Gasteiger partial charge in [-0.1, -0.05) is 26.0 Å². The minimum atomic E-state index is -0.370. The number of anilines is 3. The SMILES string of the molecule is C=C1/C=C2/C(=O)N(c3nccc(-c4cc(Nc5cc(C(=O)N6CCOCC6)n(C)n5)c(=O)n(C)c4)c3CO)CCN2CCC(C)(C)C1. The van der Waals surface area contributed by atoms with E-state index in [1.165, 1.54) is 9.25 Å². The maximum atomic E-state index is 13.9. The predicted octanol–water partition coefficient (Wildman–Crippen LogP) is 2.80. The highest BCUT2D eigenvalue weighted by atomic mass is 16.5. The lowest BCUT2D eigenvalue weighted by Crippen LogP contribution is -2.50. The summed E-state index contributed by atoms with van der Waals surface area (Å²) in [5.41, 5.74) is 3.66. The van der Waals surface area contributed by atoms with Crippen LogP contribution in [0.4, 0.5) is 17.3 Å². The Morgan fingerprint density at radius 3 is 2.62 bits per heavy atom. The van der Waals surface area contributed by atoms with Crippen LogP contribution in [0, 0.1) is 5.41 Å². The largest absolute Gasteiger partial charge is 0.392 e. The summed E-state index contributed by atoms with van der Waals surface area (Å²) in [7, 11) is 3.32. The molecule has 3 aliphatic rings. The van der Waals surface area contributed by atoms with E-state index in [1.54, 1.807) is 54.5 Å².